The maximum Gasteiger partial charge on any atom is 0.256 e. The smallest absolute Gasteiger partial charge is 0.256 e. The van der Waals surface area contributed by atoms with Crippen molar-refractivity contribution in [2.24, 2.45) is 0 Å². The van der Waals surface area contributed by atoms with E-state index in [-0.39, 0.29) is 11.9 Å². The first-order valence-electron chi connectivity index (χ1n) is 9.29. The summed E-state index contributed by atoms with van der Waals surface area (Å²) in [6.07, 6.45) is 0. The average Bonchev–Trinajstić information content (AvgIpc) is 3.37. The first-order chi connectivity index (χ1) is 14.1. The Bertz CT molecular complexity index is 1100. The van der Waals surface area contributed by atoms with Crippen LogP contribution in [0.1, 0.15) is 38.1 Å². The molecule has 0 aliphatic carbocycles. The van der Waals surface area contributed by atoms with Crippen LogP contribution in [0.5, 0.6) is 0 Å². The molecule has 0 aliphatic rings. The monoisotopic (exact) mass is 419 g/mol. The van der Waals surface area contributed by atoms with Gasteiger partial charge >= 0.3 is 0 Å². The van der Waals surface area contributed by atoms with Gasteiger partial charge < -0.3 is 10.6 Å². The molecule has 0 saturated heterocycles. The molecular weight excluding hydrogens is 398 g/mol. The molecule has 0 aliphatic heterocycles. The van der Waals surface area contributed by atoms with E-state index in [9.17, 15) is 4.79 Å². The van der Waals surface area contributed by atoms with E-state index in [1.807, 2.05) is 55.5 Å². The summed E-state index contributed by atoms with van der Waals surface area (Å²) in [5, 5.41) is 11.7. The molecule has 6 heteroatoms. The molecule has 0 fully saturated rings. The van der Waals surface area contributed by atoms with Crippen LogP contribution >= 0.6 is 22.7 Å². The lowest BCUT2D eigenvalue weighted by atomic mass is 10.0. The maximum atomic E-state index is 12.8. The van der Waals surface area contributed by atoms with Crippen molar-refractivity contribution in [2.75, 3.05) is 10.6 Å². The number of nitrogens with zero attached hydrogens (tertiary/aromatic N) is 1. The quantitative estimate of drug-likeness (QED) is 0.387. The zero-order valence-corrected chi connectivity index (χ0v) is 17.8. The predicted molar refractivity (Wildman–Crippen MR) is 122 cm³/mol. The third kappa shape index (κ3) is 4.55. The summed E-state index contributed by atoms with van der Waals surface area (Å²) >= 11 is 3.24. The number of carbonyl (C=O) groups excluding carboxylic acids is 1. The first-order valence-corrected chi connectivity index (χ1v) is 11.0. The topological polar surface area (TPSA) is 54.0 Å². The van der Waals surface area contributed by atoms with Crippen LogP contribution in [0.2, 0.25) is 0 Å². The van der Waals surface area contributed by atoms with Gasteiger partial charge in [-0.05, 0) is 66.6 Å². The molecule has 146 valence electrons. The Balaban J connectivity index is 1.69. The summed E-state index contributed by atoms with van der Waals surface area (Å²) in [5.41, 5.74) is 3.79. The number of hydrogen-bond donors (Lipinski definition) is 2. The fourth-order valence-electron chi connectivity index (χ4n) is 3.16. The minimum atomic E-state index is -0.105. The number of pyridine rings is 1. The molecule has 0 radical (unpaired) electrons. The van der Waals surface area contributed by atoms with E-state index in [1.54, 1.807) is 22.7 Å². The number of anilines is 2. The van der Waals surface area contributed by atoms with Crippen LogP contribution in [-0.2, 0) is 0 Å². The van der Waals surface area contributed by atoms with Crippen LogP contribution in [0.15, 0.2) is 71.4 Å². The van der Waals surface area contributed by atoms with Gasteiger partial charge in [-0.3, -0.25) is 4.79 Å². The van der Waals surface area contributed by atoms with Crippen molar-refractivity contribution in [1.29, 1.82) is 0 Å². The summed E-state index contributed by atoms with van der Waals surface area (Å²) in [6, 6.07) is 19.4. The zero-order valence-electron chi connectivity index (χ0n) is 16.2. The lowest BCUT2D eigenvalue weighted by Gasteiger charge is -2.20. The van der Waals surface area contributed by atoms with Crippen LogP contribution in [-0.4, -0.2) is 10.9 Å². The van der Waals surface area contributed by atoms with Crippen LogP contribution in [0.3, 0.4) is 0 Å². The number of benzene rings is 1. The Hall–Kier alpha value is -2.96. The van der Waals surface area contributed by atoms with Gasteiger partial charge in [0.25, 0.3) is 5.91 Å². The first kappa shape index (κ1) is 19.4. The highest BCUT2D eigenvalue weighted by molar-refractivity contribution is 7.16. The number of hydrogen-bond acceptors (Lipinski definition) is 5. The van der Waals surface area contributed by atoms with Crippen molar-refractivity contribution in [3.8, 4) is 0 Å². The van der Waals surface area contributed by atoms with Crippen molar-refractivity contribution in [3.05, 3.63) is 98.7 Å². The standard InChI is InChI=1S/C23H21N3OS2/c1-15-7-6-10-20(24-15)25-21(18-11-12-28-14-18)19-13-16(2)29-23(19)26-22(27)17-8-4-3-5-9-17/h3-14,21H,1-2H3,(H,24,25)(H,26,27)/t21-/m1/s1. The second-order valence-electron chi connectivity index (χ2n) is 6.76. The third-order valence-electron chi connectivity index (χ3n) is 4.52. The lowest BCUT2D eigenvalue weighted by molar-refractivity contribution is 0.102. The normalized spacial score (nSPS) is 11.8. The van der Waals surface area contributed by atoms with Gasteiger partial charge in [0.15, 0.2) is 0 Å². The number of rotatable bonds is 6. The summed E-state index contributed by atoms with van der Waals surface area (Å²) in [4.78, 5) is 18.5. The lowest BCUT2D eigenvalue weighted by Crippen LogP contribution is -2.16. The van der Waals surface area contributed by atoms with Crippen LogP contribution in [0, 0.1) is 13.8 Å². The molecule has 0 spiro atoms. The highest BCUT2D eigenvalue weighted by Gasteiger charge is 2.22. The number of aryl methyl sites for hydroxylation is 2. The minimum Gasteiger partial charge on any atom is -0.359 e. The highest BCUT2D eigenvalue weighted by Crippen LogP contribution is 2.38. The zero-order chi connectivity index (χ0) is 20.2. The molecule has 4 rings (SSSR count). The Kier molecular flexibility index (Phi) is 5.74. The Labute approximate surface area is 178 Å². The Morgan fingerprint density at radius 1 is 1.03 bits per heavy atom. The molecule has 1 aromatic carbocycles. The van der Waals surface area contributed by atoms with E-state index in [2.05, 4.69) is 45.4 Å². The molecule has 2 N–H and O–H groups in total. The number of amides is 1. The molecule has 0 saturated carbocycles. The molecule has 29 heavy (non-hydrogen) atoms. The van der Waals surface area contributed by atoms with Gasteiger partial charge in [-0.25, -0.2) is 4.98 Å². The van der Waals surface area contributed by atoms with Crippen molar-refractivity contribution in [1.82, 2.24) is 4.98 Å². The summed E-state index contributed by atoms with van der Waals surface area (Å²) in [7, 11) is 0. The maximum absolute atomic E-state index is 12.8. The molecule has 1 amide bonds. The van der Waals surface area contributed by atoms with E-state index < -0.39 is 0 Å². The number of aromatic nitrogens is 1. The number of thiophene rings is 2. The predicted octanol–water partition coefficient (Wildman–Crippen LogP) is 6.28. The van der Waals surface area contributed by atoms with Gasteiger partial charge in [0.1, 0.15) is 10.8 Å². The van der Waals surface area contributed by atoms with Crippen molar-refractivity contribution in [2.45, 2.75) is 19.9 Å². The SMILES string of the molecule is Cc1cccc(N[C@H](c2ccsc2)c2cc(C)sc2NC(=O)c2ccccc2)n1. The fraction of sp³-hybridized carbons (Fsp3) is 0.130. The Morgan fingerprint density at radius 2 is 1.86 bits per heavy atom. The fourth-order valence-corrected chi connectivity index (χ4v) is 4.79. The molecular formula is C23H21N3OS2. The van der Waals surface area contributed by atoms with Gasteiger partial charge in [-0.15, -0.1) is 11.3 Å². The second kappa shape index (κ2) is 8.59. The van der Waals surface area contributed by atoms with E-state index >= 15 is 0 Å². The molecule has 0 bridgehead atoms. The highest BCUT2D eigenvalue weighted by atomic mass is 32.1. The molecule has 0 unspecified atom stereocenters. The Morgan fingerprint density at radius 3 is 2.59 bits per heavy atom. The van der Waals surface area contributed by atoms with Gasteiger partial charge in [-0.2, -0.15) is 11.3 Å². The number of nitrogens with one attached hydrogen (secondary N) is 2. The van der Waals surface area contributed by atoms with Crippen molar-refractivity contribution in [3.63, 3.8) is 0 Å². The van der Waals surface area contributed by atoms with E-state index in [0.29, 0.717) is 5.56 Å². The largest absolute Gasteiger partial charge is 0.359 e. The second-order valence-corrected chi connectivity index (χ2v) is 8.80. The summed E-state index contributed by atoms with van der Waals surface area (Å²) in [6.45, 7) is 4.03. The van der Waals surface area contributed by atoms with Crippen LogP contribution < -0.4 is 10.6 Å². The third-order valence-corrected chi connectivity index (χ3v) is 6.20. The molecule has 4 nitrogen and oxygen atoms in total. The van der Waals surface area contributed by atoms with Gasteiger partial charge in [0.05, 0.1) is 6.04 Å². The van der Waals surface area contributed by atoms with Gasteiger partial charge in [0.2, 0.25) is 0 Å². The van der Waals surface area contributed by atoms with Crippen LogP contribution in [0.4, 0.5) is 10.8 Å². The summed E-state index contributed by atoms with van der Waals surface area (Å²) in [5.74, 6) is 0.705. The van der Waals surface area contributed by atoms with Gasteiger partial charge in [0, 0.05) is 21.7 Å². The average molecular weight is 420 g/mol. The van der Waals surface area contributed by atoms with E-state index in [1.165, 1.54) is 0 Å². The van der Waals surface area contributed by atoms with Gasteiger partial charge in [-0.1, -0.05) is 24.3 Å². The van der Waals surface area contributed by atoms with Crippen LogP contribution in [0.25, 0.3) is 0 Å². The summed E-state index contributed by atoms with van der Waals surface area (Å²) < 4.78 is 0. The molecule has 3 aromatic heterocycles. The van der Waals surface area contributed by atoms with Crippen molar-refractivity contribution < 1.29 is 4.79 Å². The van der Waals surface area contributed by atoms with Crippen molar-refractivity contribution >= 4 is 39.4 Å². The van der Waals surface area contributed by atoms with E-state index in [4.69, 9.17) is 0 Å². The van der Waals surface area contributed by atoms with E-state index in [0.717, 1.165) is 32.5 Å². The minimum absolute atomic E-state index is 0.105. The number of carbonyl (C=O) groups is 1. The molecule has 3 heterocycles. The molecule has 4 aromatic rings. The molecule has 1 atom stereocenters.